The quantitative estimate of drug-likeness (QED) is 0.644. The van der Waals surface area contributed by atoms with Crippen LogP contribution in [0.1, 0.15) is 16.2 Å². The Balaban J connectivity index is 2.50. The number of benzene rings is 1. The van der Waals surface area contributed by atoms with Gasteiger partial charge >= 0.3 is 0 Å². The molecule has 0 saturated carbocycles. The molecule has 2 rings (SSSR count). The van der Waals surface area contributed by atoms with Gasteiger partial charge in [0.25, 0.3) is 0 Å². The number of hydrogen-bond donors (Lipinski definition) is 0. The zero-order valence-corrected chi connectivity index (χ0v) is 10.0. The third kappa shape index (κ3) is 2.06. The van der Waals surface area contributed by atoms with Gasteiger partial charge in [-0.1, -0.05) is 15.9 Å². The largest absolute Gasteiger partial charge is 0.440 e. The van der Waals surface area contributed by atoms with E-state index in [9.17, 15) is 4.79 Å². The summed E-state index contributed by atoms with van der Waals surface area (Å²) in [4.78, 5) is 15.5. The molecule has 0 unspecified atom stereocenters. The molecule has 0 fully saturated rings. The number of hydrogen-bond acceptors (Lipinski definition) is 3. The predicted molar refractivity (Wildman–Crippen MR) is 61.7 cm³/mol. The van der Waals surface area contributed by atoms with Crippen LogP contribution in [0, 0.1) is 0 Å². The van der Waals surface area contributed by atoms with Crippen LogP contribution in [0.25, 0.3) is 11.1 Å². The highest BCUT2D eigenvalue weighted by atomic mass is 79.9. The van der Waals surface area contributed by atoms with Crippen LogP contribution in [-0.2, 0) is 5.33 Å². The van der Waals surface area contributed by atoms with Crippen molar-refractivity contribution in [2.75, 3.05) is 5.88 Å². The zero-order chi connectivity index (χ0) is 10.8. The molecule has 1 heterocycles. The summed E-state index contributed by atoms with van der Waals surface area (Å²) in [5, 5.41) is 0.556. The summed E-state index contributed by atoms with van der Waals surface area (Å²) >= 11 is 8.72. The second-order valence-corrected chi connectivity index (χ2v) is 3.81. The van der Waals surface area contributed by atoms with Gasteiger partial charge < -0.3 is 4.42 Å². The van der Waals surface area contributed by atoms with E-state index in [-0.39, 0.29) is 11.7 Å². The molecule has 0 aliphatic carbocycles. The summed E-state index contributed by atoms with van der Waals surface area (Å²) in [5.41, 5.74) is 1.92. The molecule has 0 saturated heterocycles. The maximum atomic E-state index is 11.3. The monoisotopic (exact) mass is 287 g/mol. The lowest BCUT2D eigenvalue weighted by Gasteiger charge is -1.94. The highest BCUT2D eigenvalue weighted by Crippen LogP contribution is 2.19. The number of ketones is 1. The molecule has 0 bridgehead atoms. The van der Waals surface area contributed by atoms with E-state index in [1.165, 1.54) is 0 Å². The molecule has 78 valence electrons. The number of rotatable bonds is 3. The predicted octanol–water partition coefficient (Wildman–Crippen LogP) is 3.14. The minimum absolute atomic E-state index is 0.0192. The molecule has 0 N–H and O–H groups in total. The van der Waals surface area contributed by atoms with Gasteiger partial charge in [-0.2, -0.15) is 0 Å². The van der Waals surface area contributed by atoms with Crippen LogP contribution < -0.4 is 0 Å². The highest BCUT2D eigenvalue weighted by Gasteiger charge is 2.09. The van der Waals surface area contributed by atoms with Gasteiger partial charge in [-0.3, -0.25) is 4.79 Å². The fourth-order valence-corrected chi connectivity index (χ4v) is 1.68. The first-order valence-corrected chi connectivity index (χ1v) is 5.95. The number of carbonyl (C=O) groups excluding carboxylic acids is 1. The average Bonchev–Trinajstić information content (AvgIpc) is 2.69. The number of nitrogens with zero attached hydrogens (tertiary/aromatic N) is 1. The Labute approximate surface area is 99.6 Å². The van der Waals surface area contributed by atoms with Gasteiger partial charge in [0.2, 0.25) is 5.89 Å². The first-order valence-electron chi connectivity index (χ1n) is 4.29. The molecule has 0 aliphatic rings. The summed E-state index contributed by atoms with van der Waals surface area (Å²) in [6, 6.07) is 5.11. The van der Waals surface area contributed by atoms with Crippen LogP contribution in [0.5, 0.6) is 0 Å². The zero-order valence-electron chi connectivity index (χ0n) is 7.67. The number of alkyl halides is 2. The standard InChI is InChI=1S/C10H7BrClNO2/c11-4-10-13-7-3-6(8(14)5-12)1-2-9(7)15-10/h1-3H,4-5H2. The van der Waals surface area contributed by atoms with E-state index in [2.05, 4.69) is 20.9 Å². The number of fused-ring (bicyclic) bond motifs is 1. The minimum Gasteiger partial charge on any atom is -0.440 e. The number of Topliss-reactive ketones (excluding diaryl/α,β-unsaturated/α-hetero) is 1. The summed E-state index contributed by atoms with van der Waals surface area (Å²) in [6.07, 6.45) is 0. The second kappa shape index (κ2) is 4.33. The molecule has 0 amide bonds. The molecule has 2 aromatic rings. The maximum Gasteiger partial charge on any atom is 0.206 e. The van der Waals surface area contributed by atoms with Gasteiger partial charge in [-0.25, -0.2) is 4.98 Å². The van der Waals surface area contributed by atoms with E-state index in [0.29, 0.717) is 27.9 Å². The summed E-state index contributed by atoms with van der Waals surface area (Å²) in [5.74, 6) is 0.469. The molecule has 5 heteroatoms. The van der Waals surface area contributed by atoms with E-state index in [0.717, 1.165) is 0 Å². The second-order valence-electron chi connectivity index (χ2n) is 2.98. The van der Waals surface area contributed by atoms with Crippen molar-refractivity contribution in [1.29, 1.82) is 0 Å². The van der Waals surface area contributed by atoms with Crippen molar-refractivity contribution in [2.45, 2.75) is 5.33 Å². The molecule has 0 atom stereocenters. The van der Waals surface area contributed by atoms with Crippen molar-refractivity contribution >= 4 is 44.4 Å². The van der Waals surface area contributed by atoms with Crippen LogP contribution in [0.4, 0.5) is 0 Å². The highest BCUT2D eigenvalue weighted by molar-refractivity contribution is 9.08. The van der Waals surface area contributed by atoms with Crippen molar-refractivity contribution in [1.82, 2.24) is 4.98 Å². The average molecular weight is 289 g/mol. The maximum absolute atomic E-state index is 11.3. The van der Waals surface area contributed by atoms with E-state index in [1.54, 1.807) is 18.2 Å². The third-order valence-electron chi connectivity index (χ3n) is 1.99. The van der Waals surface area contributed by atoms with Gasteiger partial charge in [0.1, 0.15) is 5.52 Å². The number of aromatic nitrogens is 1. The molecular formula is C10H7BrClNO2. The van der Waals surface area contributed by atoms with E-state index in [4.69, 9.17) is 16.0 Å². The van der Waals surface area contributed by atoms with Crippen LogP contribution in [0.3, 0.4) is 0 Å². The van der Waals surface area contributed by atoms with Crippen LogP contribution in [-0.4, -0.2) is 16.6 Å². The Morgan fingerprint density at radius 3 is 3.00 bits per heavy atom. The molecule has 0 spiro atoms. The van der Waals surface area contributed by atoms with Crippen LogP contribution >= 0.6 is 27.5 Å². The van der Waals surface area contributed by atoms with Crippen LogP contribution in [0.2, 0.25) is 0 Å². The molecule has 0 radical (unpaired) electrons. The van der Waals surface area contributed by atoms with Gasteiger partial charge in [-0.15, -0.1) is 11.6 Å². The van der Waals surface area contributed by atoms with Crippen molar-refractivity contribution in [3.05, 3.63) is 29.7 Å². The topological polar surface area (TPSA) is 43.1 Å². The number of halogens is 2. The SMILES string of the molecule is O=C(CCl)c1ccc2oc(CBr)nc2c1. The van der Waals surface area contributed by atoms with Crippen molar-refractivity contribution in [3.8, 4) is 0 Å². The lowest BCUT2D eigenvalue weighted by Crippen LogP contribution is -1.99. The Morgan fingerprint density at radius 1 is 1.53 bits per heavy atom. The fraction of sp³-hybridized carbons (Fsp3) is 0.200. The number of oxazole rings is 1. The van der Waals surface area contributed by atoms with Gasteiger partial charge in [0, 0.05) is 5.56 Å². The first kappa shape index (κ1) is 10.6. The third-order valence-corrected chi connectivity index (χ3v) is 2.71. The molecular weight excluding hydrogens is 281 g/mol. The Bertz CT molecular complexity index is 509. The molecule has 1 aromatic carbocycles. The van der Waals surface area contributed by atoms with Gasteiger partial charge in [0.15, 0.2) is 11.4 Å². The lowest BCUT2D eigenvalue weighted by molar-refractivity contribution is 0.102. The van der Waals surface area contributed by atoms with Crippen molar-refractivity contribution in [3.63, 3.8) is 0 Å². The van der Waals surface area contributed by atoms with Gasteiger partial charge in [-0.05, 0) is 18.2 Å². The molecule has 0 aliphatic heterocycles. The van der Waals surface area contributed by atoms with Crippen molar-refractivity contribution < 1.29 is 9.21 Å². The fourth-order valence-electron chi connectivity index (χ4n) is 1.28. The number of carbonyl (C=O) groups is 1. The molecule has 15 heavy (non-hydrogen) atoms. The lowest BCUT2D eigenvalue weighted by atomic mass is 10.1. The first-order chi connectivity index (χ1) is 7.24. The smallest absolute Gasteiger partial charge is 0.206 e. The summed E-state index contributed by atoms with van der Waals surface area (Å²) in [6.45, 7) is 0. The van der Waals surface area contributed by atoms with E-state index in [1.807, 2.05) is 0 Å². The molecule has 3 nitrogen and oxygen atoms in total. The van der Waals surface area contributed by atoms with Crippen LogP contribution in [0.15, 0.2) is 22.6 Å². The summed E-state index contributed by atoms with van der Waals surface area (Å²) in [7, 11) is 0. The van der Waals surface area contributed by atoms with E-state index < -0.39 is 0 Å². The Morgan fingerprint density at radius 2 is 2.33 bits per heavy atom. The van der Waals surface area contributed by atoms with Crippen molar-refractivity contribution in [2.24, 2.45) is 0 Å². The summed E-state index contributed by atoms with van der Waals surface area (Å²) < 4.78 is 5.38. The Hall–Kier alpha value is -0.870. The van der Waals surface area contributed by atoms with Gasteiger partial charge in [0.05, 0.1) is 11.2 Å². The molecule has 1 aromatic heterocycles. The normalized spacial score (nSPS) is 10.8. The minimum atomic E-state index is -0.109. The van der Waals surface area contributed by atoms with E-state index >= 15 is 0 Å². The Kier molecular flexibility index (Phi) is 3.07.